The normalized spacial score (nSPS) is 11.5. The molecule has 2 rings (SSSR count). The number of carbonyl (C=O) groups is 2. The molecule has 0 saturated carbocycles. The van der Waals surface area contributed by atoms with Gasteiger partial charge in [0.2, 0.25) is 5.91 Å². The minimum absolute atomic E-state index is 0.107. The van der Waals surface area contributed by atoms with E-state index in [0.717, 1.165) is 11.5 Å². The number of aliphatic carboxylic acids is 1. The second kappa shape index (κ2) is 10.2. The summed E-state index contributed by atoms with van der Waals surface area (Å²) in [5.74, 6) is -0.0202. The first-order valence-electron chi connectivity index (χ1n) is 8.98. The van der Waals surface area contributed by atoms with Crippen molar-refractivity contribution in [2.24, 2.45) is 0 Å². The smallest absolute Gasteiger partial charge is 0.310 e. The van der Waals surface area contributed by atoms with Crippen LogP contribution in [0.25, 0.3) is 0 Å². The SMILES string of the molecule is CCOc1ccc(OCCCC(=O)Nc2ccc(C(C)C(=O)O)cc2)cc1. The molecule has 0 heterocycles. The highest BCUT2D eigenvalue weighted by Gasteiger charge is 2.13. The highest BCUT2D eigenvalue weighted by atomic mass is 16.5. The van der Waals surface area contributed by atoms with E-state index >= 15 is 0 Å². The Hall–Kier alpha value is -3.02. The Morgan fingerprint density at radius 3 is 2.15 bits per heavy atom. The molecule has 0 fully saturated rings. The number of carboxylic acid groups (broad SMARTS) is 1. The highest BCUT2D eigenvalue weighted by molar-refractivity contribution is 5.90. The van der Waals surface area contributed by atoms with Crippen LogP contribution in [0.2, 0.25) is 0 Å². The lowest BCUT2D eigenvalue weighted by atomic mass is 10.0. The molecule has 1 amide bonds. The summed E-state index contributed by atoms with van der Waals surface area (Å²) in [5, 5.41) is 11.8. The summed E-state index contributed by atoms with van der Waals surface area (Å²) in [6, 6.07) is 14.2. The molecule has 0 aliphatic rings. The van der Waals surface area contributed by atoms with Gasteiger partial charge >= 0.3 is 5.97 Å². The van der Waals surface area contributed by atoms with E-state index in [-0.39, 0.29) is 5.91 Å². The van der Waals surface area contributed by atoms with Crippen LogP contribution in [0.5, 0.6) is 11.5 Å². The quantitative estimate of drug-likeness (QED) is 0.615. The van der Waals surface area contributed by atoms with Crippen LogP contribution in [0.15, 0.2) is 48.5 Å². The number of ether oxygens (including phenoxy) is 2. The zero-order valence-corrected chi connectivity index (χ0v) is 15.6. The number of carboxylic acids is 1. The Bertz CT molecular complexity index is 740. The Morgan fingerprint density at radius 2 is 1.59 bits per heavy atom. The van der Waals surface area contributed by atoms with Crippen LogP contribution in [0.3, 0.4) is 0 Å². The summed E-state index contributed by atoms with van der Waals surface area (Å²) < 4.78 is 11.0. The van der Waals surface area contributed by atoms with Crippen LogP contribution < -0.4 is 14.8 Å². The monoisotopic (exact) mass is 371 g/mol. The van der Waals surface area contributed by atoms with Crippen molar-refractivity contribution in [1.29, 1.82) is 0 Å². The van der Waals surface area contributed by atoms with E-state index in [1.807, 2.05) is 31.2 Å². The lowest BCUT2D eigenvalue weighted by Crippen LogP contribution is -2.13. The number of hydrogen-bond acceptors (Lipinski definition) is 4. The molecule has 2 aromatic rings. The van der Waals surface area contributed by atoms with Gasteiger partial charge in [-0.15, -0.1) is 0 Å². The van der Waals surface area contributed by atoms with E-state index < -0.39 is 11.9 Å². The van der Waals surface area contributed by atoms with Gasteiger partial charge in [-0.3, -0.25) is 9.59 Å². The summed E-state index contributed by atoms with van der Waals surface area (Å²) in [7, 11) is 0. The van der Waals surface area contributed by atoms with Gasteiger partial charge in [0.25, 0.3) is 0 Å². The molecule has 0 bridgehead atoms. The molecule has 2 N–H and O–H groups in total. The maximum atomic E-state index is 12.0. The van der Waals surface area contributed by atoms with Crippen LogP contribution in [0.1, 0.15) is 38.2 Å². The largest absolute Gasteiger partial charge is 0.494 e. The van der Waals surface area contributed by atoms with E-state index in [4.69, 9.17) is 14.6 Å². The van der Waals surface area contributed by atoms with Crippen molar-refractivity contribution in [3.63, 3.8) is 0 Å². The molecule has 6 heteroatoms. The first-order valence-corrected chi connectivity index (χ1v) is 8.98. The second-order valence-electron chi connectivity index (χ2n) is 6.09. The first-order chi connectivity index (χ1) is 13.0. The first kappa shape index (κ1) is 20.3. The molecule has 0 aliphatic carbocycles. The highest BCUT2D eigenvalue weighted by Crippen LogP contribution is 2.19. The minimum Gasteiger partial charge on any atom is -0.494 e. The fourth-order valence-corrected chi connectivity index (χ4v) is 2.44. The number of rotatable bonds is 10. The Morgan fingerprint density at radius 1 is 1.00 bits per heavy atom. The Kier molecular flexibility index (Phi) is 7.67. The number of nitrogens with one attached hydrogen (secondary N) is 1. The summed E-state index contributed by atoms with van der Waals surface area (Å²) >= 11 is 0. The van der Waals surface area contributed by atoms with Crippen LogP contribution >= 0.6 is 0 Å². The second-order valence-corrected chi connectivity index (χ2v) is 6.09. The molecule has 6 nitrogen and oxygen atoms in total. The molecule has 2 aromatic carbocycles. The number of hydrogen-bond donors (Lipinski definition) is 2. The third-order valence-corrected chi connectivity index (χ3v) is 4.02. The summed E-state index contributed by atoms with van der Waals surface area (Å²) in [6.45, 7) is 4.62. The van der Waals surface area contributed by atoms with Crippen molar-refractivity contribution in [2.75, 3.05) is 18.5 Å². The van der Waals surface area contributed by atoms with Crippen LogP contribution in [0, 0.1) is 0 Å². The molecule has 1 unspecified atom stereocenters. The number of benzene rings is 2. The van der Waals surface area contributed by atoms with Crippen molar-refractivity contribution < 1.29 is 24.2 Å². The molecule has 0 aliphatic heterocycles. The number of carbonyl (C=O) groups excluding carboxylic acids is 1. The summed E-state index contributed by atoms with van der Waals surface area (Å²) in [6.07, 6.45) is 0.928. The summed E-state index contributed by atoms with van der Waals surface area (Å²) in [4.78, 5) is 23.0. The fourth-order valence-electron chi connectivity index (χ4n) is 2.44. The van der Waals surface area contributed by atoms with Gasteiger partial charge in [0, 0.05) is 12.1 Å². The minimum atomic E-state index is -0.876. The lowest BCUT2D eigenvalue weighted by molar-refractivity contribution is -0.138. The van der Waals surface area contributed by atoms with Crippen molar-refractivity contribution >= 4 is 17.6 Å². The number of amides is 1. The van der Waals surface area contributed by atoms with Crippen molar-refractivity contribution in [3.05, 3.63) is 54.1 Å². The van der Waals surface area contributed by atoms with Crippen LogP contribution in [-0.2, 0) is 9.59 Å². The molecular weight excluding hydrogens is 346 g/mol. The van der Waals surface area contributed by atoms with Crippen molar-refractivity contribution in [3.8, 4) is 11.5 Å². The maximum Gasteiger partial charge on any atom is 0.310 e. The fraction of sp³-hybridized carbons (Fsp3) is 0.333. The third-order valence-electron chi connectivity index (χ3n) is 4.02. The van der Waals surface area contributed by atoms with Crippen molar-refractivity contribution in [2.45, 2.75) is 32.6 Å². The van der Waals surface area contributed by atoms with Crippen LogP contribution in [-0.4, -0.2) is 30.2 Å². The van der Waals surface area contributed by atoms with Crippen LogP contribution in [0.4, 0.5) is 5.69 Å². The van der Waals surface area contributed by atoms with Crippen molar-refractivity contribution in [1.82, 2.24) is 0 Å². The van der Waals surface area contributed by atoms with E-state index in [0.29, 0.717) is 37.3 Å². The zero-order chi connectivity index (χ0) is 19.6. The molecule has 1 atom stereocenters. The van der Waals surface area contributed by atoms with E-state index in [1.165, 1.54) is 0 Å². The van der Waals surface area contributed by atoms with E-state index in [9.17, 15) is 9.59 Å². The molecule has 144 valence electrons. The molecule has 0 aromatic heterocycles. The van der Waals surface area contributed by atoms with Gasteiger partial charge in [-0.25, -0.2) is 0 Å². The topological polar surface area (TPSA) is 84.9 Å². The van der Waals surface area contributed by atoms with E-state index in [2.05, 4.69) is 5.32 Å². The average molecular weight is 371 g/mol. The van der Waals surface area contributed by atoms with Gasteiger partial charge in [0.15, 0.2) is 0 Å². The van der Waals surface area contributed by atoms with Gasteiger partial charge in [-0.2, -0.15) is 0 Å². The molecule has 0 spiro atoms. The third kappa shape index (κ3) is 6.66. The van der Waals surface area contributed by atoms with E-state index in [1.54, 1.807) is 31.2 Å². The maximum absolute atomic E-state index is 12.0. The van der Waals surface area contributed by atoms with Gasteiger partial charge < -0.3 is 19.9 Å². The predicted molar refractivity (Wildman–Crippen MR) is 103 cm³/mol. The Balaban J connectivity index is 1.70. The zero-order valence-electron chi connectivity index (χ0n) is 15.6. The average Bonchev–Trinajstić information content (AvgIpc) is 2.66. The summed E-state index contributed by atoms with van der Waals surface area (Å²) in [5.41, 5.74) is 1.35. The van der Waals surface area contributed by atoms with Gasteiger partial charge in [0.1, 0.15) is 11.5 Å². The predicted octanol–water partition coefficient (Wildman–Crippen LogP) is 4.07. The standard InChI is InChI=1S/C21H25NO5/c1-3-26-18-10-12-19(13-11-18)27-14-4-5-20(23)22-17-8-6-16(7-9-17)15(2)21(24)25/h6-13,15H,3-5,14H2,1-2H3,(H,22,23)(H,24,25). The Labute approximate surface area is 159 Å². The number of anilines is 1. The molecule has 0 saturated heterocycles. The lowest BCUT2D eigenvalue weighted by Gasteiger charge is -2.10. The van der Waals surface area contributed by atoms with Gasteiger partial charge in [0.05, 0.1) is 19.1 Å². The molecule has 27 heavy (non-hydrogen) atoms. The van der Waals surface area contributed by atoms with Gasteiger partial charge in [-0.1, -0.05) is 12.1 Å². The van der Waals surface area contributed by atoms with Gasteiger partial charge in [-0.05, 0) is 62.2 Å². The molecular formula is C21H25NO5. The molecule has 0 radical (unpaired) electrons.